The van der Waals surface area contributed by atoms with Crippen LogP contribution in [-0.2, 0) is 14.8 Å². The molecule has 10 nitrogen and oxygen atoms in total. The first-order valence-electron chi connectivity index (χ1n) is 13.7. The van der Waals surface area contributed by atoms with Gasteiger partial charge in [0.15, 0.2) is 0 Å². The van der Waals surface area contributed by atoms with E-state index in [0.717, 1.165) is 44.6 Å². The lowest BCUT2D eigenvalue weighted by atomic mass is 10.0. The van der Waals surface area contributed by atoms with Gasteiger partial charge in [-0.3, -0.25) is 9.59 Å². The number of hydrogen-bond acceptors (Lipinski definition) is 7. The third-order valence-corrected chi connectivity index (χ3v) is 9.29. The molecule has 208 valence electrons. The van der Waals surface area contributed by atoms with Gasteiger partial charge >= 0.3 is 0 Å². The second-order valence-corrected chi connectivity index (χ2v) is 12.8. The fraction of sp³-hybridized carbons (Fsp3) is 0.536. The van der Waals surface area contributed by atoms with E-state index in [1.165, 1.54) is 24.3 Å². The fourth-order valence-corrected chi connectivity index (χ4v) is 6.42. The Kier molecular flexibility index (Phi) is 7.07. The van der Waals surface area contributed by atoms with Gasteiger partial charge in [-0.1, -0.05) is 0 Å². The molecule has 6 rings (SSSR count). The van der Waals surface area contributed by atoms with Crippen LogP contribution in [0.1, 0.15) is 58.0 Å². The first kappa shape index (κ1) is 26.2. The Labute approximate surface area is 228 Å². The SMILES string of the molecule is NS(=O)(=O)c1ccc(C(=O)N2C[C@@H]3CN(C(=O)c4cc(OCC5CCOCC5)nc(C5CC5)c4)C[C@H]3C2)cc1. The molecule has 2 atom stereocenters. The van der Waals surface area contributed by atoms with E-state index in [4.69, 9.17) is 19.6 Å². The number of aromatic nitrogens is 1. The molecule has 3 saturated heterocycles. The van der Waals surface area contributed by atoms with Gasteiger partial charge in [0.25, 0.3) is 11.8 Å². The zero-order chi connectivity index (χ0) is 27.1. The highest BCUT2D eigenvalue weighted by Gasteiger charge is 2.43. The summed E-state index contributed by atoms with van der Waals surface area (Å²) in [6, 6.07) is 9.40. The standard InChI is InChI=1S/C28H34N4O6S/c29-39(35,36)24-5-3-20(4-6-24)27(33)31-13-22-15-32(16-23(22)14-31)28(34)21-11-25(19-1-2-19)30-26(12-21)38-17-18-7-9-37-10-8-18/h3-6,11-12,18-19,22-23H,1-2,7-10,13-17H2,(H2,29,35,36)/t22-,23-/m1/s1. The van der Waals surface area contributed by atoms with Gasteiger partial charge in [0.05, 0.1) is 11.5 Å². The van der Waals surface area contributed by atoms with Crippen molar-refractivity contribution in [3.05, 3.63) is 53.2 Å². The average Bonchev–Trinajstić information content (AvgIpc) is 3.61. The Bertz CT molecular complexity index is 1340. The molecule has 4 fully saturated rings. The summed E-state index contributed by atoms with van der Waals surface area (Å²) in [6.45, 7) is 4.42. The molecule has 2 aromatic rings. The van der Waals surface area contributed by atoms with Crippen LogP contribution in [0, 0.1) is 17.8 Å². The first-order chi connectivity index (χ1) is 18.7. The van der Waals surface area contributed by atoms with Crippen molar-refractivity contribution >= 4 is 21.8 Å². The number of ether oxygens (including phenoxy) is 2. The van der Waals surface area contributed by atoms with E-state index < -0.39 is 10.0 Å². The number of nitrogens with two attached hydrogens (primary N) is 1. The van der Waals surface area contributed by atoms with Crippen LogP contribution >= 0.6 is 0 Å². The van der Waals surface area contributed by atoms with Crippen molar-refractivity contribution in [3.63, 3.8) is 0 Å². The van der Waals surface area contributed by atoms with E-state index in [0.29, 0.717) is 61.6 Å². The molecule has 3 aliphatic heterocycles. The van der Waals surface area contributed by atoms with Crippen molar-refractivity contribution in [1.29, 1.82) is 0 Å². The third kappa shape index (κ3) is 5.80. The molecule has 1 aromatic carbocycles. The zero-order valence-electron chi connectivity index (χ0n) is 21.8. The van der Waals surface area contributed by atoms with Crippen LogP contribution in [-0.4, -0.2) is 81.0 Å². The third-order valence-electron chi connectivity index (χ3n) is 8.36. The Morgan fingerprint density at radius 3 is 2.05 bits per heavy atom. The topological polar surface area (TPSA) is 132 Å². The lowest BCUT2D eigenvalue weighted by Gasteiger charge is -2.23. The van der Waals surface area contributed by atoms with Crippen LogP contribution in [0.4, 0.5) is 0 Å². The number of carbonyl (C=O) groups excluding carboxylic acids is 2. The molecule has 39 heavy (non-hydrogen) atoms. The molecule has 0 unspecified atom stereocenters. The molecule has 4 heterocycles. The number of likely N-dealkylation sites (tertiary alicyclic amines) is 2. The van der Waals surface area contributed by atoms with Gasteiger partial charge < -0.3 is 19.3 Å². The summed E-state index contributed by atoms with van der Waals surface area (Å²) < 4.78 is 34.5. The highest BCUT2D eigenvalue weighted by atomic mass is 32.2. The number of nitrogens with zero attached hydrogens (tertiary/aromatic N) is 3. The van der Waals surface area contributed by atoms with Crippen LogP contribution < -0.4 is 9.88 Å². The van der Waals surface area contributed by atoms with E-state index >= 15 is 0 Å². The molecule has 0 bridgehead atoms. The summed E-state index contributed by atoms with van der Waals surface area (Å²) in [5, 5.41) is 5.16. The van der Waals surface area contributed by atoms with Gasteiger partial charge in [-0.15, -0.1) is 0 Å². The van der Waals surface area contributed by atoms with E-state index in [-0.39, 0.29) is 28.5 Å². The molecule has 2 N–H and O–H groups in total. The lowest BCUT2D eigenvalue weighted by molar-refractivity contribution is 0.0490. The largest absolute Gasteiger partial charge is 0.477 e. The molecular formula is C28H34N4O6S. The minimum Gasteiger partial charge on any atom is -0.477 e. The van der Waals surface area contributed by atoms with Crippen molar-refractivity contribution in [3.8, 4) is 5.88 Å². The molecule has 2 amide bonds. The number of hydrogen-bond donors (Lipinski definition) is 1. The van der Waals surface area contributed by atoms with E-state index in [1.54, 1.807) is 11.0 Å². The van der Waals surface area contributed by atoms with E-state index in [9.17, 15) is 18.0 Å². The molecule has 1 saturated carbocycles. The first-order valence-corrected chi connectivity index (χ1v) is 15.2. The Balaban J connectivity index is 1.09. The summed E-state index contributed by atoms with van der Waals surface area (Å²) in [5.74, 6) is 1.63. The van der Waals surface area contributed by atoms with Crippen molar-refractivity contribution in [2.45, 2.75) is 36.5 Å². The quantitative estimate of drug-likeness (QED) is 0.555. The van der Waals surface area contributed by atoms with Crippen molar-refractivity contribution in [2.75, 3.05) is 46.0 Å². The number of benzene rings is 1. The minimum atomic E-state index is -3.81. The molecule has 0 radical (unpaired) electrons. The summed E-state index contributed by atoms with van der Waals surface area (Å²) >= 11 is 0. The van der Waals surface area contributed by atoms with Gasteiger partial charge in [0, 0.05) is 80.0 Å². The van der Waals surface area contributed by atoms with Crippen LogP contribution in [0.25, 0.3) is 0 Å². The van der Waals surface area contributed by atoms with Gasteiger partial charge in [-0.2, -0.15) is 0 Å². The average molecular weight is 555 g/mol. The normalized spacial score (nSPS) is 23.6. The molecular weight excluding hydrogens is 520 g/mol. The predicted octanol–water partition coefficient (Wildman–Crippen LogP) is 2.26. The number of carbonyl (C=O) groups is 2. The van der Waals surface area contributed by atoms with E-state index in [2.05, 4.69) is 0 Å². The zero-order valence-corrected chi connectivity index (χ0v) is 22.6. The van der Waals surface area contributed by atoms with Gasteiger partial charge in [0.2, 0.25) is 15.9 Å². The number of amides is 2. The fourth-order valence-electron chi connectivity index (χ4n) is 5.90. The van der Waals surface area contributed by atoms with Crippen molar-refractivity contribution in [1.82, 2.24) is 14.8 Å². The maximum atomic E-state index is 13.6. The lowest BCUT2D eigenvalue weighted by Crippen LogP contribution is -2.35. The number of sulfonamides is 1. The summed E-state index contributed by atoms with van der Waals surface area (Å²) in [5.41, 5.74) is 1.98. The summed E-state index contributed by atoms with van der Waals surface area (Å²) in [6.07, 6.45) is 4.13. The van der Waals surface area contributed by atoms with Gasteiger partial charge in [0.1, 0.15) is 0 Å². The second kappa shape index (κ2) is 10.5. The molecule has 11 heteroatoms. The van der Waals surface area contributed by atoms with E-state index in [1.807, 2.05) is 11.0 Å². The number of pyridine rings is 1. The van der Waals surface area contributed by atoms with Crippen molar-refractivity contribution in [2.24, 2.45) is 22.9 Å². The highest BCUT2D eigenvalue weighted by Crippen LogP contribution is 2.40. The Morgan fingerprint density at radius 1 is 0.897 bits per heavy atom. The van der Waals surface area contributed by atoms with Gasteiger partial charge in [-0.05, 0) is 61.9 Å². The highest BCUT2D eigenvalue weighted by molar-refractivity contribution is 7.89. The molecule has 1 aliphatic carbocycles. The molecule has 0 spiro atoms. The predicted molar refractivity (Wildman–Crippen MR) is 142 cm³/mol. The number of fused-ring (bicyclic) bond motifs is 1. The maximum Gasteiger partial charge on any atom is 0.254 e. The molecule has 1 aromatic heterocycles. The molecule has 4 aliphatic rings. The van der Waals surface area contributed by atoms with Gasteiger partial charge in [-0.25, -0.2) is 18.5 Å². The minimum absolute atomic E-state index is 0.0129. The Morgan fingerprint density at radius 2 is 1.49 bits per heavy atom. The smallest absolute Gasteiger partial charge is 0.254 e. The maximum absolute atomic E-state index is 13.6. The number of rotatable bonds is 7. The van der Waals surface area contributed by atoms with Crippen LogP contribution in [0.3, 0.4) is 0 Å². The summed E-state index contributed by atoms with van der Waals surface area (Å²) in [7, 11) is -3.81. The number of primary sulfonamides is 1. The second-order valence-electron chi connectivity index (χ2n) is 11.3. The Hall–Kier alpha value is -3.02. The van der Waals surface area contributed by atoms with Crippen LogP contribution in [0.5, 0.6) is 5.88 Å². The summed E-state index contributed by atoms with van der Waals surface area (Å²) in [4.78, 5) is 35.0. The monoisotopic (exact) mass is 554 g/mol. The van der Waals surface area contributed by atoms with Crippen LogP contribution in [0.2, 0.25) is 0 Å². The van der Waals surface area contributed by atoms with Crippen LogP contribution in [0.15, 0.2) is 41.3 Å². The van der Waals surface area contributed by atoms with Crippen molar-refractivity contribution < 1.29 is 27.5 Å².